The van der Waals surface area contributed by atoms with Crippen LogP contribution >= 0.6 is 11.6 Å². The molecular weight excluding hydrogens is 288 g/mol. The zero-order chi connectivity index (χ0) is 14.7. The highest BCUT2D eigenvalue weighted by Crippen LogP contribution is 2.23. The van der Waals surface area contributed by atoms with Gasteiger partial charge >= 0.3 is 0 Å². The van der Waals surface area contributed by atoms with Crippen LogP contribution in [0.5, 0.6) is 0 Å². The van der Waals surface area contributed by atoms with E-state index in [1.165, 1.54) is 0 Å². The molecule has 1 aliphatic heterocycles. The summed E-state index contributed by atoms with van der Waals surface area (Å²) in [5.74, 6) is 0.823. The molecule has 1 N–H and O–H groups in total. The molecule has 0 unspecified atom stereocenters. The van der Waals surface area contributed by atoms with Gasteiger partial charge in [-0.2, -0.15) is 0 Å². The summed E-state index contributed by atoms with van der Waals surface area (Å²) in [4.78, 5) is 21.8. The molecule has 110 valence electrons. The first-order chi connectivity index (χ1) is 10.3. The van der Waals surface area contributed by atoms with Crippen molar-refractivity contribution >= 4 is 34.6 Å². The van der Waals surface area contributed by atoms with Crippen molar-refractivity contribution in [2.45, 2.75) is 18.9 Å². The van der Waals surface area contributed by atoms with Crippen LogP contribution in [0.2, 0.25) is 5.15 Å². The topological polar surface area (TPSA) is 58.1 Å². The Labute approximate surface area is 128 Å². The van der Waals surface area contributed by atoms with E-state index in [-0.39, 0.29) is 0 Å². The van der Waals surface area contributed by atoms with E-state index in [9.17, 15) is 4.79 Å². The van der Waals surface area contributed by atoms with Crippen molar-refractivity contribution in [2.24, 2.45) is 0 Å². The minimum absolute atomic E-state index is 0.346. The molecule has 0 saturated carbocycles. The molecule has 0 spiro atoms. The molecule has 2 aromatic heterocycles. The fourth-order valence-corrected chi connectivity index (χ4v) is 2.92. The molecule has 3 rings (SSSR count). The number of aldehydes is 1. The van der Waals surface area contributed by atoms with Gasteiger partial charge in [-0.1, -0.05) is 11.6 Å². The van der Waals surface area contributed by atoms with E-state index in [1.54, 1.807) is 12.3 Å². The maximum atomic E-state index is 11.0. The maximum Gasteiger partial charge on any atom is 0.139 e. The van der Waals surface area contributed by atoms with Crippen LogP contribution in [0.1, 0.15) is 12.8 Å². The number of halogens is 1. The van der Waals surface area contributed by atoms with Gasteiger partial charge in [0.2, 0.25) is 0 Å². The number of hydrogen-bond acceptors (Lipinski definition) is 5. The van der Waals surface area contributed by atoms with Crippen molar-refractivity contribution in [2.75, 3.05) is 24.5 Å². The third-order valence-electron chi connectivity index (χ3n) is 3.84. The number of pyridine rings is 2. The van der Waals surface area contributed by atoms with Gasteiger partial charge in [0.25, 0.3) is 0 Å². The van der Waals surface area contributed by atoms with Crippen molar-refractivity contribution in [3.8, 4) is 0 Å². The Hall–Kier alpha value is -1.72. The average Bonchev–Trinajstić information content (AvgIpc) is 2.52. The Kier molecular flexibility index (Phi) is 4.31. The fraction of sp³-hybridized carbons (Fsp3) is 0.400. The van der Waals surface area contributed by atoms with Crippen LogP contribution in [-0.2, 0) is 4.79 Å². The van der Waals surface area contributed by atoms with Gasteiger partial charge < -0.3 is 15.0 Å². The molecular formula is C15H17ClN4O. The number of anilines is 1. The first kappa shape index (κ1) is 14.2. The summed E-state index contributed by atoms with van der Waals surface area (Å²) in [5, 5.41) is 4.71. The molecule has 0 radical (unpaired) electrons. The summed E-state index contributed by atoms with van der Waals surface area (Å²) >= 11 is 5.93. The summed E-state index contributed by atoms with van der Waals surface area (Å²) in [6.45, 7) is 2.31. The molecule has 0 aliphatic carbocycles. The molecule has 1 saturated heterocycles. The highest BCUT2D eigenvalue weighted by molar-refractivity contribution is 6.29. The zero-order valence-corrected chi connectivity index (χ0v) is 12.4. The van der Waals surface area contributed by atoms with E-state index in [4.69, 9.17) is 11.6 Å². The predicted octanol–water partition coefficient (Wildman–Crippen LogP) is 2.04. The van der Waals surface area contributed by atoms with Crippen molar-refractivity contribution in [3.63, 3.8) is 0 Å². The third-order valence-corrected chi connectivity index (χ3v) is 4.05. The van der Waals surface area contributed by atoms with E-state index in [1.807, 2.05) is 12.1 Å². The SMILES string of the molecule is O=CCN(c1ccc2cnc(Cl)cc2n1)C1CCNCC1. The Bertz CT molecular complexity index is 643. The van der Waals surface area contributed by atoms with E-state index in [0.717, 1.165) is 48.9 Å². The van der Waals surface area contributed by atoms with Crippen molar-refractivity contribution in [3.05, 3.63) is 29.5 Å². The number of hydrogen-bond donors (Lipinski definition) is 1. The molecule has 21 heavy (non-hydrogen) atoms. The largest absolute Gasteiger partial charge is 0.346 e. The van der Waals surface area contributed by atoms with Gasteiger partial charge in [-0.3, -0.25) is 0 Å². The van der Waals surface area contributed by atoms with Crippen LogP contribution < -0.4 is 10.2 Å². The number of nitrogens with zero attached hydrogens (tertiary/aromatic N) is 3. The number of piperidine rings is 1. The van der Waals surface area contributed by atoms with Crippen LogP contribution in [0.25, 0.3) is 10.9 Å². The van der Waals surface area contributed by atoms with E-state index in [2.05, 4.69) is 20.2 Å². The number of carbonyl (C=O) groups is 1. The molecule has 3 heterocycles. The molecule has 5 nitrogen and oxygen atoms in total. The molecule has 2 aromatic rings. The van der Waals surface area contributed by atoms with Gasteiger partial charge in [0.15, 0.2) is 0 Å². The lowest BCUT2D eigenvalue weighted by molar-refractivity contribution is -0.106. The van der Waals surface area contributed by atoms with Crippen molar-refractivity contribution in [1.82, 2.24) is 15.3 Å². The normalized spacial score (nSPS) is 16.0. The highest BCUT2D eigenvalue weighted by Gasteiger charge is 2.22. The van der Waals surface area contributed by atoms with E-state index in [0.29, 0.717) is 17.7 Å². The first-order valence-electron chi connectivity index (χ1n) is 7.11. The van der Waals surface area contributed by atoms with Crippen molar-refractivity contribution < 1.29 is 4.79 Å². The lowest BCUT2D eigenvalue weighted by atomic mass is 10.0. The second kappa shape index (κ2) is 6.37. The van der Waals surface area contributed by atoms with Crippen LogP contribution in [-0.4, -0.2) is 41.9 Å². The lowest BCUT2D eigenvalue weighted by Crippen LogP contribution is -2.44. The quantitative estimate of drug-likeness (QED) is 0.692. The average molecular weight is 305 g/mol. The van der Waals surface area contributed by atoms with Gasteiger partial charge in [-0.15, -0.1) is 0 Å². The summed E-state index contributed by atoms with van der Waals surface area (Å²) in [7, 11) is 0. The van der Waals surface area contributed by atoms with Crippen LogP contribution in [0.15, 0.2) is 24.4 Å². The number of aromatic nitrogens is 2. The van der Waals surface area contributed by atoms with Gasteiger partial charge in [-0.25, -0.2) is 9.97 Å². The molecule has 1 aliphatic rings. The number of rotatable bonds is 4. The second-order valence-electron chi connectivity index (χ2n) is 5.17. The van der Waals surface area contributed by atoms with E-state index < -0.39 is 0 Å². The fourth-order valence-electron chi connectivity index (χ4n) is 2.77. The smallest absolute Gasteiger partial charge is 0.139 e. The van der Waals surface area contributed by atoms with Crippen LogP contribution in [0.3, 0.4) is 0 Å². The van der Waals surface area contributed by atoms with Crippen LogP contribution in [0.4, 0.5) is 5.82 Å². The Balaban J connectivity index is 1.95. The third kappa shape index (κ3) is 3.14. The van der Waals surface area contributed by atoms with Crippen molar-refractivity contribution in [1.29, 1.82) is 0 Å². The van der Waals surface area contributed by atoms with Gasteiger partial charge in [0.1, 0.15) is 17.3 Å². The molecule has 0 atom stereocenters. The number of carbonyl (C=O) groups excluding carboxylic acids is 1. The van der Waals surface area contributed by atoms with Gasteiger partial charge in [-0.05, 0) is 38.1 Å². The monoisotopic (exact) mass is 304 g/mol. The van der Waals surface area contributed by atoms with Gasteiger partial charge in [0, 0.05) is 23.7 Å². The molecule has 0 bridgehead atoms. The van der Waals surface area contributed by atoms with E-state index >= 15 is 0 Å². The lowest BCUT2D eigenvalue weighted by Gasteiger charge is -2.34. The Morgan fingerprint density at radius 1 is 1.38 bits per heavy atom. The molecule has 0 aromatic carbocycles. The Morgan fingerprint density at radius 2 is 2.19 bits per heavy atom. The highest BCUT2D eigenvalue weighted by atomic mass is 35.5. The number of fused-ring (bicyclic) bond motifs is 1. The predicted molar refractivity (Wildman–Crippen MR) is 83.8 cm³/mol. The molecule has 6 heteroatoms. The minimum Gasteiger partial charge on any atom is -0.346 e. The standard InChI is InChI=1S/C15H17ClN4O/c16-14-9-13-11(10-18-14)1-2-15(19-13)20(7-8-21)12-3-5-17-6-4-12/h1-2,8-10,12,17H,3-7H2. The number of nitrogens with one attached hydrogen (secondary N) is 1. The summed E-state index contributed by atoms with van der Waals surface area (Å²) in [5.41, 5.74) is 0.803. The Morgan fingerprint density at radius 3 is 2.95 bits per heavy atom. The summed E-state index contributed by atoms with van der Waals surface area (Å²) in [6, 6.07) is 6.02. The molecule has 1 fully saturated rings. The van der Waals surface area contributed by atoms with Crippen LogP contribution in [0, 0.1) is 0 Å². The van der Waals surface area contributed by atoms with Gasteiger partial charge in [0.05, 0.1) is 12.1 Å². The molecule has 0 amide bonds. The second-order valence-corrected chi connectivity index (χ2v) is 5.56. The summed E-state index contributed by atoms with van der Waals surface area (Å²) in [6.07, 6.45) is 4.69. The summed E-state index contributed by atoms with van der Waals surface area (Å²) < 4.78 is 0. The minimum atomic E-state index is 0.346. The first-order valence-corrected chi connectivity index (χ1v) is 7.49. The maximum absolute atomic E-state index is 11.0. The zero-order valence-electron chi connectivity index (χ0n) is 11.6.